The first kappa shape index (κ1) is 10.4. The van der Waals surface area contributed by atoms with Gasteiger partial charge >= 0.3 is 0 Å². The van der Waals surface area contributed by atoms with E-state index in [1.54, 1.807) is 12.1 Å². The molecule has 1 amide bonds. The molecular weight excluding hydrogens is 198 g/mol. The van der Waals surface area contributed by atoms with E-state index in [0.29, 0.717) is 5.56 Å². The lowest BCUT2D eigenvalue weighted by Crippen LogP contribution is -2.31. The van der Waals surface area contributed by atoms with Gasteiger partial charge in [0.25, 0.3) is 5.91 Å². The minimum absolute atomic E-state index is 0.0392. The summed E-state index contributed by atoms with van der Waals surface area (Å²) in [6.45, 7) is 0. The summed E-state index contributed by atoms with van der Waals surface area (Å²) in [5.41, 5.74) is 0.682. The summed E-state index contributed by atoms with van der Waals surface area (Å²) < 4.78 is 0. The Kier molecular flexibility index (Phi) is 3.34. The van der Waals surface area contributed by atoms with Gasteiger partial charge in [0.1, 0.15) is 0 Å². The fourth-order valence-corrected chi connectivity index (χ4v) is 1.48. The quantitative estimate of drug-likeness (QED) is 0.800. The fraction of sp³-hybridized carbons (Fsp3) is 0.0714. The summed E-state index contributed by atoms with van der Waals surface area (Å²) >= 11 is 0. The third kappa shape index (κ3) is 2.70. The van der Waals surface area contributed by atoms with Gasteiger partial charge in [0.05, 0.1) is 6.04 Å². The molecule has 1 aliphatic rings. The van der Waals surface area contributed by atoms with Crippen LogP contribution in [0.15, 0.2) is 66.8 Å². The average molecular weight is 211 g/mol. The molecule has 0 unspecified atom stereocenters. The Morgan fingerprint density at radius 2 is 1.56 bits per heavy atom. The summed E-state index contributed by atoms with van der Waals surface area (Å²) in [5, 5.41) is 2.92. The lowest BCUT2D eigenvalue weighted by atomic mass is 10.2. The highest BCUT2D eigenvalue weighted by Crippen LogP contribution is 2.01. The van der Waals surface area contributed by atoms with Crippen LogP contribution in [0.5, 0.6) is 0 Å². The number of rotatable bonds is 2. The first-order valence-electron chi connectivity index (χ1n) is 5.24. The molecule has 0 saturated heterocycles. The van der Waals surface area contributed by atoms with Gasteiger partial charge in [-0.2, -0.15) is 0 Å². The van der Waals surface area contributed by atoms with Gasteiger partial charge in [-0.3, -0.25) is 4.79 Å². The van der Waals surface area contributed by atoms with Gasteiger partial charge in [0, 0.05) is 5.56 Å². The van der Waals surface area contributed by atoms with Gasteiger partial charge < -0.3 is 5.32 Å². The van der Waals surface area contributed by atoms with E-state index < -0.39 is 0 Å². The van der Waals surface area contributed by atoms with Crippen molar-refractivity contribution in [3.63, 3.8) is 0 Å². The van der Waals surface area contributed by atoms with Gasteiger partial charge in [-0.15, -0.1) is 0 Å². The second-order valence-electron chi connectivity index (χ2n) is 3.52. The van der Waals surface area contributed by atoms with Gasteiger partial charge in [0.15, 0.2) is 0 Å². The highest BCUT2D eigenvalue weighted by Gasteiger charge is 2.08. The molecule has 0 saturated carbocycles. The molecule has 2 heteroatoms. The largest absolute Gasteiger partial charge is 0.342 e. The van der Waals surface area contributed by atoms with E-state index >= 15 is 0 Å². The van der Waals surface area contributed by atoms with Crippen LogP contribution in [0.3, 0.4) is 0 Å². The summed E-state index contributed by atoms with van der Waals surface area (Å²) in [6, 6.07) is 9.18. The van der Waals surface area contributed by atoms with Crippen LogP contribution in [0.1, 0.15) is 10.4 Å². The number of hydrogen-bond donors (Lipinski definition) is 1. The number of carbonyl (C=O) groups excluding carboxylic acids is 1. The molecule has 0 aliphatic heterocycles. The second kappa shape index (κ2) is 5.12. The summed E-state index contributed by atoms with van der Waals surface area (Å²) in [6.07, 6.45) is 11.6. The smallest absolute Gasteiger partial charge is 0.251 e. The predicted octanol–water partition coefficient (Wildman–Crippen LogP) is 2.47. The zero-order valence-electron chi connectivity index (χ0n) is 8.84. The maximum absolute atomic E-state index is 11.8. The maximum atomic E-state index is 11.8. The van der Waals surface area contributed by atoms with Crippen molar-refractivity contribution >= 4 is 5.91 Å². The Bertz CT molecular complexity index is 427. The Morgan fingerprint density at radius 3 is 2.19 bits per heavy atom. The Balaban J connectivity index is 2.03. The zero-order chi connectivity index (χ0) is 11.2. The summed E-state index contributed by atoms with van der Waals surface area (Å²) in [4.78, 5) is 11.8. The second-order valence-corrected chi connectivity index (χ2v) is 3.52. The molecule has 2 rings (SSSR count). The molecular formula is C14H13NO. The monoisotopic (exact) mass is 211 g/mol. The molecule has 0 fully saturated rings. The number of nitrogens with one attached hydrogen (secondary N) is 1. The first-order chi connectivity index (χ1) is 7.86. The topological polar surface area (TPSA) is 29.1 Å². The molecule has 1 aromatic carbocycles. The van der Waals surface area contributed by atoms with Crippen molar-refractivity contribution < 1.29 is 4.79 Å². The third-order valence-electron chi connectivity index (χ3n) is 2.30. The molecule has 1 aromatic rings. The van der Waals surface area contributed by atoms with Crippen LogP contribution in [-0.4, -0.2) is 11.9 Å². The molecule has 0 atom stereocenters. The number of amides is 1. The number of hydrogen-bond acceptors (Lipinski definition) is 1. The molecule has 16 heavy (non-hydrogen) atoms. The number of allylic oxidation sites excluding steroid dienone is 4. The minimum Gasteiger partial charge on any atom is -0.342 e. The van der Waals surface area contributed by atoms with E-state index in [-0.39, 0.29) is 11.9 Å². The van der Waals surface area contributed by atoms with Crippen molar-refractivity contribution in [3.8, 4) is 0 Å². The van der Waals surface area contributed by atoms with Crippen molar-refractivity contribution in [3.05, 3.63) is 72.4 Å². The highest BCUT2D eigenvalue weighted by molar-refractivity contribution is 5.94. The van der Waals surface area contributed by atoms with Gasteiger partial charge in [0.2, 0.25) is 0 Å². The van der Waals surface area contributed by atoms with Crippen molar-refractivity contribution in [2.24, 2.45) is 0 Å². The third-order valence-corrected chi connectivity index (χ3v) is 2.30. The van der Waals surface area contributed by atoms with E-state index in [0.717, 1.165) is 0 Å². The van der Waals surface area contributed by atoms with Crippen molar-refractivity contribution in [2.75, 3.05) is 0 Å². The standard InChI is InChI=1S/C14H13NO/c16-14(12-8-4-3-5-9-12)15-13-10-6-1-2-7-11-13/h1-11,13H,(H,15,16). The number of benzene rings is 1. The zero-order valence-corrected chi connectivity index (χ0v) is 8.84. The van der Waals surface area contributed by atoms with E-state index in [4.69, 9.17) is 0 Å². The molecule has 0 bridgehead atoms. The molecule has 0 spiro atoms. The van der Waals surface area contributed by atoms with Crippen molar-refractivity contribution in [2.45, 2.75) is 6.04 Å². The van der Waals surface area contributed by atoms with Crippen molar-refractivity contribution in [1.29, 1.82) is 0 Å². The highest BCUT2D eigenvalue weighted by atomic mass is 16.1. The lowest BCUT2D eigenvalue weighted by Gasteiger charge is -2.10. The van der Waals surface area contributed by atoms with Crippen LogP contribution in [0, 0.1) is 0 Å². The fourth-order valence-electron chi connectivity index (χ4n) is 1.48. The van der Waals surface area contributed by atoms with Gasteiger partial charge in [-0.05, 0) is 12.1 Å². The maximum Gasteiger partial charge on any atom is 0.251 e. The van der Waals surface area contributed by atoms with Crippen LogP contribution in [0.4, 0.5) is 0 Å². The Hall–Kier alpha value is -2.09. The van der Waals surface area contributed by atoms with Crippen LogP contribution >= 0.6 is 0 Å². The Morgan fingerprint density at radius 1 is 0.938 bits per heavy atom. The molecule has 2 nitrogen and oxygen atoms in total. The molecule has 1 aliphatic carbocycles. The minimum atomic E-state index is -0.0539. The van der Waals surface area contributed by atoms with E-state index in [2.05, 4.69) is 5.32 Å². The Labute approximate surface area is 95.0 Å². The lowest BCUT2D eigenvalue weighted by molar-refractivity contribution is 0.0950. The van der Waals surface area contributed by atoms with Crippen LogP contribution in [0.2, 0.25) is 0 Å². The van der Waals surface area contributed by atoms with E-state index in [1.165, 1.54) is 0 Å². The summed E-state index contributed by atoms with van der Waals surface area (Å²) in [7, 11) is 0. The molecule has 0 aromatic heterocycles. The molecule has 0 radical (unpaired) electrons. The predicted molar refractivity (Wildman–Crippen MR) is 65.1 cm³/mol. The van der Waals surface area contributed by atoms with Crippen molar-refractivity contribution in [1.82, 2.24) is 5.32 Å². The molecule has 1 N–H and O–H groups in total. The van der Waals surface area contributed by atoms with Crippen LogP contribution < -0.4 is 5.32 Å². The van der Waals surface area contributed by atoms with Crippen LogP contribution in [-0.2, 0) is 0 Å². The van der Waals surface area contributed by atoms with Gasteiger partial charge in [-0.25, -0.2) is 0 Å². The molecule has 80 valence electrons. The summed E-state index contributed by atoms with van der Waals surface area (Å²) in [5.74, 6) is -0.0539. The molecule has 0 heterocycles. The first-order valence-corrected chi connectivity index (χ1v) is 5.24. The number of carbonyl (C=O) groups is 1. The van der Waals surface area contributed by atoms with E-state index in [1.807, 2.05) is 54.7 Å². The van der Waals surface area contributed by atoms with E-state index in [9.17, 15) is 4.79 Å². The SMILES string of the molecule is O=C(NC1C=CC=CC=C1)c1ccccc1. The average Bonchev–Trinajstić information content (AvgIpc) is 2.59. The van der Waals surface area contributed by atoms with Gasteiger partial charge in [-0.1, -0.05) is 54.7 Å². The van der Waals surface area contributed by atoms with Crippen LogP contribution in [0.25, 0.3) is 0 Å². The normalized spacial score (nSPS) is 14.8.